The van der Waals surface area contributed by atoms with E-state index in [4.69, 9.17) is 0 Å². The van der Waals surface area contributed by atoms with Crippen LogP contribution in [0.25, 0.3) is 0 Å². The van der Waals surface area contributed by atoms with Gasteiger partial charge in [0.2, 0.25) is 5.91 Å². The third-order valence-electron chi connectivity index (χ3n) is 3.14. The first-order valence-electron chi connectivity index (χ1n) is 5.55. The summed E-state index contributed by atoms with van der Waals surface area (Å²) in [7, 11) is 1.31. The molecule has 1 aromatic rings. The lowest BCUT2D eigenvalue weighted by Gasteiger charge is -2.15. The van der Waals surface area contributed by atoms with E-state index in [1.807, 2.05) is 31.2 Å². The normalized spacial score (nSPS) is 23.3. The maximum atomic E-state index is 11.6. The summed E-state index contributed by atoms with van der Waals surface area (Å²) in [6.45, 7) is 2.49. The highest BCUT2D eigenvalue weighted by Gasteiger charge is 2.41. The van der Waals surface area contributed by atoms with Gasteiger partial charge in [0.15, 0.2) is 0 Å². The van der Waals surface area contributed by atoms with E-state index in [0.717, 1.165) is 11.1 Å². The second-order valence-electron chi connectivity index (χ2n) is 4.26. The van der Waals surface area contributed by atoms with Gasteiger partial charge in [-0.3, -0.25) is 9.59 Å². The van der Waals surface area contributed by atoms with Crippen molar-refractivity contribution in [3.8, 4) is 0 Å². The standard InChI is InChI=1S/C13H15NO3/c1-8-3-5-9(6-4-8)10-7-14-12(15)11(10)13(16)17-2/h3-6,10-11H,7H2,1-2H3,(H,14,15)/t10-,11+/m0/s1. The number of aryl methyl sites for hydroxylation is 1. The molecule has 1 aliphatic rings. The van der Waals surface area contributed by atoms with Crippen molar-refractivity contribution in [1.29, 1.82) is 0 Å². The van der Waals surface area contributed by atoms with Crippen LogP contribution in [0.5, 0.6) is 0 Å². The third kappa shape index (κ3) is 2.16. The number of rotatable bonds is 2. The molecule has 0 unspecified atom stereocenters. The molecule has 0 spiro atoms. The number of carbonyl (C=O) groups is 2. The molecule has 17 heavy (non-hydrogen) atoms. The average Bonchev–Trinajstić information content (AvgIpc) is 2.71. The maximum Gasteiger partial charge on any atom is 0.318 e. The lowest BCUT2D eigenvalue weighted by atomic mass is 9.88. The smallest absolute Gasteiger partial charge is 0.318 e. The van der Waals surface area contributed by atoms with Crippen LogP contribution in [0, 0.1) is 12.8 Å². The third-order valence-corrected chi connectivity index (χ3v) is 3.14. The number of carbonyl (C=O) groups excluding carboxylic acids is 2. The molecule has 0 bridgehead atoms. The Bertz CT molecular complexity index is 438. The number of ether oxygens (including phenoxy) is 1. The fraction of sp³-hybridized carbons (Fsp3) is 0.385. The summed E-state index contributed by atoms with van der Waals surface area (Å²) in [5.41, 5.74) is 2.14. The van der Waals surface area contributed by atoms with E-state index in [9.17, 15) is 9.59 Å². The first-order valence-corrected chi connectivity index (χ1v) is 5.55. The summed E-state index contributed by atoms with van der Waals surface area (Å²) >= 11 is 0. The summed E-state index contributed by atoms with van der Waals surface area (Å²) in [6, 6.07) is 7.87. The molecule has 0 aromatic heterocycles. The van der Waals surface area contributed by atoms with Crippen LogP contribution in [0.15, 0.2) is 24.3 Å². The van der Waals surface area contributed by atoms with Gasteiger partial charge in [-0.1, -0.05) is 29.8 Å². The molecular weight excluding hydrogens is 218 g/mol. The molecule has 1 heterocycles. The van der Waals surface area contributed by atoms with Crippen molar-refractivity contribution in [2.75, 3.05) is 13.7 Å². The summed E-state index contributed by atoms with van der Waals surface area (Å²) in [5.74, 6) is -1.56. The Hall–Kier alpha value is -1.84. The zero-order chi connectivity index (χ0) is 12.4. The Kier molecular flexibility index (Phi) is 3.13. The van der Waals surface area contributed by atoms with Crippen LogP contribution in [0.4, 0.5) is 0 Å². The topological polar surface area (TPSA) is 55.4 Å². The average molecular weight is 233 g/mol. The number of hydrogen-bond acceptors (Lipinski definition) is 3. The highest BCUT2D eigenvalue weighted by Crippen LogP contribution is 2.29. The van der Waals surface area contributed by atoms with Crippen molar-refractivity contribution in [2.24, 2.45) is 5.92 Å². The van der Waals surface area contributed by atoms with Crippen molar-refractivity contribution in [2.45, 2.75) is 12.8 Å². The fourth-order valence-electron chi connectivity index (χ4n) is 2.14. The van der Waals surface area contributed by atoms with Gasteiger partial charge in [-0.2, -0.15) is 0 Å². The van der Waals surface area contributed by atoms with Gasteiger partial charge in [0.25, 0.3) is 0 Å². The minimum atomic E-state index is -0.720. The molecule has 1 saturated heterocycles. The monoisotopic (exact) mass is 233 g/mol. The molecule has 1 N–H and O–H groups in total. The molecule has 1 aromatic carbocycles. The van der Waals surface area contributed by atoms with E-state index >= 15 is 0 Å². The van der Waals surface area contributed by atoms with Crippen molar-refractivity contribution in [1.82, 2.24) is 5.32 Å². The first kappa shape index (κ1) is 11.6. The highest BCUT2D eigenvalue weighted by atomic mass is 16.5. The van der Waals surface area contributed by atoms with Gasteiger partial charge >= 0.3 is 5.97 Å². The largest absolute Gasteiger partial charge is 0.468 e. The quantitative estimate of drug-likeness (QED) is 0.612. The van der Waals surface area contributed by atoms with E-state index in [-0.39, 0.29) is 11.8 Å². The second-order valence-corrected chi connectivity index (χ2v) is 4.26. The Morgan fingerprint density at radius 2 is 2.00 bits per heavy atom. The van der Waals surface area contributed by atoms with Gasteiger partial charge in [0.05, 0.1) is 7.11 Å². The predicted molar refractivity (Wildman–Crippen MR) is 62.4 cm³/mol. The molecule has 2 rings (SSSR count). The van der Waals surface area contributed by atoms with Crippen LogP contribution < -0.4 is 5.32 Å². The highest BCUT2D eigenvalue weighted by molar-refractivity contribution is 6.00. The van der Waals surface area contributed by atoms with Gasteiger partial charge < -0.3 is 10.1 Å². The molecule has 2 atom stereocenters. The van der Waals surface area contributed by atoms with Gasteiger partial charge in [-0.05, 0) is 12.5 Å². The molecule has 1 amide bonds. The van der Waals surface area contributed by atoms with Crippen LogP contribution >= 0.6 is 0 Å². The van der Waals surface area contributed by atoms with Crippen LogP contribution in [-0.4, -0.2) is 25.5 Å². The summed E-state index contributed by atoms with van der Waals surface area (Å²) in [6.07, 6.45) is 0. The van der Waals surface area contributed by atoms with Crippen molar-refractivity contribution >= 4 is 11.9 Å². The van der Waals surface area contributed by atoms with Crippen LogP contribution in [-0.2, 0) is 14.3 Å². The number of amides is 1. The molecule has 4 nitrogen and oxygen atoms in total. The minimum Gasteiger partial charge on any atom is -0.468 e. The van der Waals surface area contributed by atoms with Crippen molar-refractivity contribution in [3.63, 3.8) is 0 Å². The molecule has 0 aliphatic carbocycles. The van der Waals surface area contributed by atoms with E-state index in [1.165, 1.54) is 7.11 Å². The summed E-state index contributed by atoms with van der Waals surface area (Å²) in [4.78, 5) is 23.2. The fourth-order valence-corrected chi connectivity index (χ4v) is 2.14. The Balaban J connectivity index is 2.28. The Morgan fingerprint density at radius 3 is 2.59 bits per heavy atom. The van der Waals surface area contributed by atoms with E-state index in [0.29, 0.717) is 6.54 Å². The zero-order valence-corrected chi connectivity index (χ0v) is 9.90. The zero-order valence-electron chi connectivity index (χ0n) is 9.90. The molecule has 1 aliphatic heterocycles. The van der Waals surface area contributed by atoms with E-state index < -0.39 is 11.9 Å². The van der Waals surface area contributed by atoms with Gasteiger partial charge in [0.1, 0.15) is 5.92 Å². The van der Waals surface area contributed by atoms with Crippen LogP contribution in [0.2, 0.25) is 0 Å². The molecule has 0 saturated carbocycles. The second kappa shape index (κ2) is 4.57. The number of esters is 1. The molecule has 4 heteroatoms. The number of hydrogen-bond donors (Lipinski definition) is 1. The number of nitrogens with one attached hydrogen (secondary N) is 1. The Morgan fingerprint density at radius 1 is 1.35 bits per heavy atom. The van der Waals surface area contributed by atoms with Crippen molar-refractivity contribution in [3.05, 3.63) is 35.4 Å². The van der Waals surface area contributed by atoms with Crippen molar-refractivity contribution < 1.29 is 14.3 Å². The minimum absolute atomic E-state index is 0.129. The Labute approximate surface area is 100.0 Å². The lowest BCUT2D eigenvalue weighted by molar-refractivity contribution is -0.149. The number of methoxy groups -OCH3 is 1. The molecule has 0 radical (unpaired) electrons. The maximum absolute atomic E-state index is 11.6. The summed E-state index contributed by atoms with van der Waals surface area (Å²) < 4.78 is 4.68. The summed E-state index contributed by atoms with van der Waals surface area (Å²) in [5, 5.41) is 2.71. The van der Waals surface area contributed by atoms with E-state index in [1.54, 1.807) is 0 Å². The van der Waals surface area contributed by atoms with Gasteiger partial charge in [0, 0.05) is 12.5 Å². The van der Waals surface area contributed by atoms with E-state index in [2.05, 4.69) is 10.1 Å². The molecule has 1 fully saturated rings. The van der Waals surface area contributed by atoms with Gasteiger partial charge in [-0.25, -0.2) is 0 Å². The van der Waals surface area contributed by atoms with Crippen LogP contribution in [0.1, 0.15) is 17.0 Å². The molecule has 90 valence electrons. The SMILES string of the molecule is COC(=O)[C@H]1C(=O)NC[C@H]1c1ccc(C)cc1. The first-order chi connectivity index (χ1) is 8.13. The van der Waals surface area contributed by atoms with Crippen LogP contribution in [0.3, 0.4) is 0 Å². The van der Waals surface area contributed by atoms with Gasteiger partial charge in [-0.15, -0.1) is 0 Å². The molecular formula is C13H15NO3. The number of benzene rings is 1. The lowest BCUT2D eigenvalue weighted by Crippen LogP contribution is -2.28. The predicted octanol–water partition coefficient (Wildman–Crippen LogP) is 0.998.